The first-order valence-corrected chi connectivity index (χ1v) is 7.86. The fourth-order valence-corrected chi connectivity index (χ4v) is 3.05. The quantitative estimate of drug-likeness (QED) is 0.644. The van der Waals surface area contributed by atoms with Crippen LogP contribution < -0.4 is 15.9 Å². The Morgan fingerprint density at radius 1 is 1.22 bits per heavy atom. The van der Waals surface area contributed by atoms with Crippen LogP contribution in [-0.4, -0.2) is 27.8 Å². The minimum Gasteiger partial charge on any atom is -0.409 e. The molecule has 0 spiro atoms. The number of para-hydroxylation sites is 1. The summed E-state index contributed by atoms with van der Waals surface area (Å²) in [6, 6.07) is 7.66. The minimum atomic E-state index is -0.410. The molecule has 6 nitrogen and oxygen atoms in total. The zero-order valence-corrected chi connectivity index (χ0v) is 13.8. The monoisotopic (exact) mass is 314 g/mol. The van der Waals surface area contributed by atoms with Crippen molar-refractivity contribution in [3.8, 4) is 0 Å². The summed E-state index contributed by atoms with van der Waals surface area (Å²) in [6.45, 7) is 6.28. The first kappa shape index (κ1) is 15.5. The van der Waals surface area contributed by atoms with Crippen LogP contribution in [0, 0.1) is 5.41 Å². The van der Waals surface area contributed by atoms with E-state index in [9.17, 15) is 10.0 Å². The number of hydrogen-bond acceptors (Lipinski definition) is 5. The molecule has 3 rings (SSSR count). The van der Waals surface area contributed by atoms with Crippen molar-refractivity contribution in [1.29, 1.82) is 0 Å². The summed E-state index contributed by atoms with van der Waals surface area (Å²) in [4.78, 5) is 19.0. The topological polar surface area (TPSA) is 70.7 Å². The Kier molecular flexibility index (Phi) is 3.83. The molecule has 1 N–H and O–H groups in total. The molecule has 23 heavy (non-hydrogen) atoms. The third kappa shape index (κ3) is 2.81. The van der Waals surface area contributed by atoms with Gasteiger partial charge in [0.05, 0.1) is 5.52 Å². The minimum absolute atomic E-state index is 0.177. The van der Waals surface area contributed by atoms with E-state index in [-0.39, 0.29) is 5.49 Å². The van der Waals surface area contributed by atoms with Crippen molar-refractivity contribution in [2.45, 2.75) is 26.7 Å². The molecule has 0 atom stereocenters. The molecule has 122 valence electrons. The van der Waals surface area contributed by atoms with Gasteiger partial charge in [-0.2, -0.15) is 0 Å². The normalized spacial score (nSPS) is 18.4. The average Bonchev–Trinajstić information content (AvgIpc) is 2.65. The van der Waals surface area contributed by atoms with Crippen molar-refractivity contribution >= 4 is 16.7 Å². The lowest BCUT2D eigenvalue weighted by Crippen LogP contribution is -2.39. The second kappa shape index (κ2) is 5.68. The van der Waals surface area contributed by atoms with Gasteiger partial charge in [0.15, 0.2) is 0 Å². The summed E-state index contributed by atoms with van der Waals surface area (Å²) in [5.74, 6) is 0.710. The van der Waals surface area contributed by atoms with Crippen molar-refractivity contribution in [1.82, 2.24) is 9.55 Å². The van der Waals surface area contributed by atoms with E-state index < -0.39 is 5.56 Å². The Labute approximate surface area is 134 Å². The Morgan fingerprint density at radius 3 is 2.52 bits per heavy atom. The molecule has 0 bridgehead atoms. The number of hydrogen-bond donors (Lipinski definition) is 1. The lowest BCUT2D eigenvalue weighted by Gasteiger charge is -2.37. The molecule has 0 unspecified atom stereocenters. The van der Waals surface area contributed by atoms with Crippen LogP contribution >= 0.6 is 0 Å². The van der Waals surface area contributed by atoms with Crippen molar-refractivity contribution in [3.63, 3.8) is 0 Å². The van der Waals surface area contributed by atoms with E-state index in [1.165, 1.54) is 4.57 Å². The maximum absolute atomic E-state index is 12.4. The number of anilines is 1. The first-order chi connectivity index (χ1) is 10.9. The zero-order valence-electron chi connectivity index (χ0n) is 13.8. The van der Waals surface area contributed by atoms with E-state index >= 15 is 0 Å². The van der Waals surface area contributed by atoms with E-state index in [2.05, 4.69) is 28.9 Å². The van der Waals surface area contributed by atoms with Gasteiger partial charge >= 0.3 is 0 Å². The van der Waals surface area contributed by atoms with Gasteiger partial charge in [0.2, 0.25) is 0 Å². The van der Waals surface area contributed by atoms with Gasteiger partial charge in [0.1, 0.15) is 5.82 Å². The molecular formula is C17H22N4O2. The van der Waals surface area contributed by atoms with Gasteiger partial charge in [-0.25, -0.2) is 4.98 Å². The van der Waals surface area contributed by atoms with Gasteiger partial charge < -0.3 is 14.7 Å². The van der Waals surface area contributed by atoms with Crippen molar-refractivity contribution < 1.29 is 5.21 Å². The predicted molar refractivity (Wildman–Crippen MR) is 89.6 cm³/mol. The molecule has 1 aliphatic rings. The highest BCUT2D eigenvalue weighted by atomic mass is 16.4. The maximum Gasteiger partial charge on any atom is 0.299 e. The van der Waals surface area contributed by atoms with E-state index in [1.54, 1.807) is 7.05 Å². The molecule has 0 radical (unpaired) electrons. The number of aryl methyl sites for hydroxylation is 1. The SMILES string of the molecule is Cn1c(=O)/c(=N\O)nc(N2CCC(C)(C)CC2)c2ccccc21. The fraction of sp³-hybridized carbons (Fsp3) is 0.471. The van der Waals surface area contributed by atoms with E-state index in [4.69, 9.17) is 0 Å². The fourth-order valence-electron chi connectivity index (χ4n) is 3.05. The number of piperidine rings is 1. The van der Waals surface area contributed by atoms with Crippen LogP contribution in [0.1, 0.15) is 26.7 Å². The molecule has 1 fully saturated rings. The van der Waals surface area contributed by atoms with Crippen LogP contribution in [0.5, 0.6) is 0 Å². The number of benzene rings is 1. The molecule has 1 aromatic carbocycles. The summed E-state index contributed by atoms with van der Waals surface area (Å²) in [7, 11) is 1.67. The predicted octanol–water partition coefficient (Wildman–Crippen LogP) is 1.85. The molecular weight excluding hydrogens is 292 g/mol. The van der Waals surface area contributed by atoms with Crippen LogP contribution in [0.3, 0.4) is 0 Å². The summed E-state index contributed by atoms with van der Waals surface area (Å²) < 4.78 is 1.48. The van der Waals surface area contributed by atoms with Gasteiger partial charge in [-0.1, -0.05) is 31.1 Å². The van der Waals surface area contributed by atoms with Crippen LogP contribution in [0.2, 0.25) is 0 Å². The van der Waals surface area contributed by atoms with Crippen LogP contribution in [-0.2, 0) is 7.05 Å². The molecule has 6 heteroatoms. The smallest absolute Gasteiger partial charge is 0.299 e. The first-order valence-electron chi connectivity index (χ1n) is 7.86. The third-order valence-electron chi connectivity index (χ3n) is 4.73. The number of fused-ring (bicyclic) bond motifs is 1. The molecule has 0 saturated carbocycles. The summed E-state index contributed by atoms with van der Waals surface area (Å²) in [5, 5.41) is 13.2. The van der Waals surface area contributed by atoms with Crippen LogP contribution in [0.15, 0.2) is 34.2 Å². The van der Waals surface area contributed by atoms with Gasteiger partial charge in [-0.05, 0) is 30.4 Å². The van der Waals surface area contributed by atoms with Gasteiger partial charge in [-0.3, -0.25) is 4.79 Å². The number of rotatable bonds is 1. The highest BCUT2D eigenvalue weighted by Gasteiger charge is 2.27. The van der Waals surface area contributed by atoms with Crippen LogP contribution in [0.4, 0.5) is 5.82 Å². The molecule has 0 amide bonds. The highest BCUT2D eigenvalue weighted by molar-refractivity contribution is 5.89. The van der Waals surface area contributed by atoms with E-state index in [0.29, 0.717) is 11.2 Å². The average molecular weight is 314 g/mol. The Balaban J connectivity index is 2.27. The largest absolute Gasteiger partial charge is 0.409 e. The summed E-state index contributed by atoms with van der Waals surface area (Å²) in [5.41, 5.74) is 0.512. The van der Waals surface area contributed by atoms with Gasteiger partial charge in [-0.15, -0.1) is 0 Å². The molecule has 1 aromatic heterocycles. The third-order valence-corrected chi connectivity index (χ3v) is 4.73. The second-order valence-electron chi connectivity index (χ2n) is 6.89. The molecule has 2 heterocycles. The standard InChI is InChI=1S/C17H22N4O2/c1-17(2)8-10-21(11-9-17)15-12-6-4-5-7-13(12)20(3)16(22)14(18-15)19-23/h4-7,23H,8-11H2,1-3H3/b19-14+. The summed E-state index contributed by atoms with van der Waals surface area (Å²) >= 11 is 0. The molecule has 0 aliphatic carbocycles. The molecule has 2 aromatic rings. The van der Waals surface area contributed by atoms with Gasteiger partial charge in [0, 0.05) is 25.5 Å². The number of aromatic nitrogens is 2. The summed E-state index contributed by atoms with van der Waals surface area (Å²) in [6.07, 6.45) is 2.12. The van der Waals surface area contributed by atoms with E-state index in [0.717, 1.165) is 36.8 Å². The van der Waals surface area contributed by atoms with Crippen molar-refractivity contribution in [2.75, 3.05) is 18.0 Å². The Morgan fingerprint density at radius 2 is 1.87 bits per heavy atom. The van der Waals surface area contributed by atoms with Gasteiger partial charge in [0.25, 0.3) is 11.0 Å². The molecule has 1 aliphatic heterocycles. The second-order valence-corrected chi connectivity index (χ2v) is 6.89. The Bertz CT molecular complexity index is 860. The Hall–Kier alpha value is -2.37. The maximum atomic E-state index is 12.4. The number of nitrogens with zero attached hydrogens (tertiary/aromatic N) is 4. The highest BCUT2D eigenvalue weighted by Crippen LogP contribution is 2.33. The lowest BCUT2D eigenvalue weighted by molar-refractivity contribution is 0.278. The molecule has 1 saturated heterocycles. The van der Waals surface area contributed by atoms with Crippen LogP contribution in [0.25, 0.3) is 10.9 Å². The zero-order chi connectivity index (χ0) is 16.6. The van der Waals surface area contributed by atoms with E-state index in [1.807, 2.05) is 24.3 Å². The lowest BCUT2D eigenvalue weighted by atomic mass is 9.82. The van der Waals surface area contributed by atoms with Crippen molar-refractivity contribution in [2.24, 2.45) is 17.6 Å². The van der Waals surface area contributed by atoms with Crippen molar-refractivity contribution in [3.05, 3.63) is 40.1 Å².